The van der Waals surface area contributed by atoms with Crippen LogP contribution < -0.4 is 5.73 Å². The molecular weight excluding hydrogens is 216 g/mol. The Morgan fingerprint density at radius 1 is 1.24 bits per heavy atom. The van der Waals surface area contributed by atoms with Crippen LogP contribution in [0.3, 0.4) is 0 Å². The van der Waals surface area contributed by atoms with Crippen LogP contribution in [-0.4, -0.2) is 25.0 Å². The molecule has 6 nitrogen and oxygen atoms in total. The molecule has 0 saturated heterocycles. The monoisotopic (exact) mass is 226 g/mol. The Hall–Kier alpha value is -2.63. The zero-order valence-electron chi connectivity index (χ0n) is 8.91. The molecule has 3 aromatic heterocycles. The van der Waals surface area contributed by atoms with Crippen LogP contribution in [0.15, 0.2) is 43.0 Å². The first kappa shape index (κ1) is 9.59. The van der Waals surface area contributed by atoms with Gasteiger partial charge in [0.2, 0.25) is 0 Å². The summed E-state index contributed by atoms with van der Waals surface area (Å²) in [4.78, 5) is 4.20. The molecule has 0 unspecified atom stereocenters. The van der Waals surface area contributed by atoms with E-state index < -0.39 is 0 Å². The lowest BCUT2D eigenvalue weighted by atomic mass is 10.2. The fraction of sp³-hybridized carbons (Fsp3) is 0. The highest BCUT2D eigenvalue weighted by Crippen LogP contribution is 2.25. The minimum absolute atomic E-state index is 0.546. The molecule has 0 aromatic carbocycles. The second-order valence-corrected chi connectivity index (χ2v) is 3.53. The van der Waals surface area contributed by atoms with Gasteiger partial charge in [-0.15, -0.1) is 0 Å². The molecule has 3 aromatic rings. The maximum absolute atomic E-state index is 6.05. The third-order valence-corrected chi connectivity index (χ3v) is 2.48. The van der Waals surface area contributed by atoms with E-state index >= 15 is 0 Å². The van der Waals surface area contributed by atoms with E-state index in [4.69, 9.17) is 5.73 Å². The molecule has 3 N–H and O–H groups in total. The fourth-order valence-electron chi connectivity index (χ4n) is 1.64. The lowest BCUT2D eigenvalue weighted by Gasteiger charge is -2.02. The van der Waals surface area contributed by atoms with Crippen LogP contribution >= 0.6 is 0 Å². The smallest absolute Gasteiger partial charge is 0.155 e. The summed E-state index contributed by atoms with van der Waals surface area (Å²) >= 11 is 0. The molecule has 0 aliphatic rings. The Morgan fingerprint density at radius 3 is 2.88 bits per heavy atom. The van der Waals surface area contributed by atoms with Crippen LogP contribution in [-0.2, 0) is 0 Å². The predicted molar refractivity (Wildman–Crippen MR) is 63.4 cm³/mol. The predicted octanol–water partition coefficient (Wildman–Crippen LogP) is 1.24. The van der Waals surface area contributed by atoms with Crippen molar-refractivity contribution in [3.8, 4) is 16.9 Å². The molecular formula is C11H10N6. The van der Waals surface area contributed by atoms with Crippen LogP contribution in [0.1, 0.15) is 0 Å². The highest BCUT2D eigenvalue weighted by atomic mass is 15.3. The van der Waals surface area contributed by atoms with Crippen molar-refractivity contribution < 1.29 is 0 Å². The third kappa shape index (κ3) is 1.55. The van der Waals surface area contributed by atoms with Crippen LogP contribution in [0.5, 0.6) is 0 Å². The number of nitrogen functional groups attached to an aromatic ring is 1. The number of hydrogen-bond donors (Lipinski definition) is 2. The van der Waals surface area contributed by atoms with E-state index in [1.807, 2.05) is 18.2 Å². The van der Waals surface area contributed by atoms with Crippen LogP contribution in [0.2, 0.25) is 0 Å². The molecule has 0 aliphatic heterocycles. The van der Waals surface area contributed by atoms with Crippen molar-refractivity contribution in [2.24, 2.45) is 0 Å². The molecule has 0 fully saturated rings. The van der Waals surface area contributed by atoms with Gasteiger partial charge >= 0.3 is 0 Å². The number of anilines is 1. The summed E-state index contributed by atoms with van der Waals surface area (Å²) in [5.41, 5.74) is 7.79. The molecule has 0 aliphatic carbocycles. The average Bonchev–Trinajstić information content (AvgIpc) is 2.99. The number of hydrogen-bond acceptors (Lipinski definition) is 4. The van der Waals surface area contributed by atoms with Crippen molar-refractivity contribution in [2.45, 2.75) is 0 Å². The van der Waals surface area contributed by atoms with Crippen molar-refractivity contribution in [2.75, 3.05) is 5.73 Å². The van der Waals surface area contributed by atoms with Crippen LogP contribution in [0.4, 0.5) is 5.82 Å². The number of nitrogens with two attached hydrogens (primary N) is 1. The molecule has 0 atom stereocenters. The van der Waals surface area contributed by atoms with Crippen molar-refractivity contribution >= 4 is 5.82 Å². The van der Waals surface area contributed by atoms with Gasteiger partial charge in [-0.2, -0.15) is 14.9 Å². The molecule has 0 amide bonds. The first-order chi connectivity index (χ1) is 8.36. The quantitative estimate of drug-likeness (QED) is 0.688. The summed E-state index contributed by atoms with van der Waals surface area (Å²) in [6.07, 6.45) is 6.88. The van der Waals surface area contributed by atoms with Gasteiger partial charge in [0.25, 0.3) is 0 Å². The summed E-state index contributed by atoms with van der Waals surface area (Å²) in [5, 5.41) is 10.9. The topological polar surface area (TPSA) is 85.4 Å². The average molecular weight is 226 g/mol. The van der Waals surface area contributed by atoms with Crippen molar-refractivity contribution in [3.05, 3.63) is 43.0 Å². The summed E-state index contributed by atoms with van der Waals surface area (Å²) < 4.78 is 1.60. The van der Waals surface area contributed by atoms with Gasteiger partial charge < -0.3 is 5.73 Å². The largest absolute Gasteiger partial charge is 0.383 e. The molecule has 17 heavy (non-hydrogen) atoms. The number of H-pyrrole nitrogens is 1. The fourth-order valence-corrected chi connectivity index (χ4v) is 1.64. The van der Waals surface area contributed by atoms with E-state index in [1.165, 1.54) is 0 Å². The Labute approximate surface area is 97.1 Å². The maximum atomic E-state index is 6.05. The Morgan fingerprint density at radius 2 is 2.18 bits per heavy atom. The maximum Gasteiger partial charge on any atom is 0.155 e. The molecule has 3 rings (SSSR count). The van der Waals surface area contributed by atoms with Crippen molar-refractivity contribution in [1.29, 1.82) is 0 Å². The Bertz CT molecular complexity index is 611. The van der Waals surface area contributed by atoms with Gasteiger partial charge in [0.1, 0.15) is 5.82 Å². The number of rotatable bonds is 2. The number of nitrogens with one attached hydrogen (secondary N) is 1. The van der Waals surface area contributed by atoms with Gasteiger partial charge in [-0.25, -0.2) is 4.98 Å². The van der Waals surface area contributed by atoms with Crippen LogP contribution in [0, 0.1) is 0 Å². The minimum Gasteiger partial charge on any atom is -0.383 e. The number of aromatic amines is 1. The Kier molecular flexibility index (Phi) is 2.11. The van der Waals surface area contributed by atoms with Gasteiger partial charge in [-0.3, -0.25) is 5.10 Å². The SMILES string of the molecule is Nc1c(-c2cn[nH]c2)cnn1-c1ccccn1. The summed E-state index contributed by atoms with van der Waals surface area (Å²) in [7, 11) is 0. The molecule has 0 bridgehead atoms. The second kappa shape index (κ2) is 3.75. The minimum atomic E-state index is 0.546. The summed E-state index contributed by atoms with van der Waals surface area (Å²) in [5.74, 6) is 1.24. The molecule has 84 valence electrons. The summed E-state index contributed by atoms with van der Waals surface area (Å²) in [6, 6.07) is 5.59. The lowest BCUT2D eigenvalue weighted by molar-refractivity contribution is 0.857. The zero-order chi connectivity index (χ0) is 11.7. The van der Waals surface area contributed by atoms with Gasteiger partial charge in [-0.1, -0.05) is 6.07 Å². The lowest BCUT2D eigenvalue weighted by Crippen LogP contribution is -2.03. The molecule has 6 heteroatoms. The number of aromatic nitrogens is 5. The first-order valence-electron chi connectivity index (χ1n) is 5.10. The van der Waals surface area contributed by atoms with E-state index in [2.05, 4.69) is 20.3 Å². The summed E-state index contributed by atoms with van der Waals surface area (Å²) in [6.45, 7) is 0. The first-order valence-corrected chi connectivity index (χ1v) is 5.10. The highest BCUT2D eigenvalue weighted by Gasteiger charge is 2.11. The molecule has 3 heterocycles. The van der Waals surface area contributed by atoms with Gasteiger partial charge in [0, 0.05) is 23.5 Å². The highest BCUT2D eigenvalue weighted by molar-refractivity contribution is 5.73. The van der Waals surface area contributed by atoms with Crippen LogP contribution in [0.25, 0.3) is 16.9 Å². The van der Waals surface area contributed by atoms with E-state index in [-0.39, 0.29) is 0 Å². The molecule has 0 radical (unpaired) electrons. The number of nitrogens with zero attached hydrogens (tertiary/aromatic N) is 4. The second-order valence-electron chi connectivity index (χ2n) is 3.53. The normalized spacial score (nSPS) is 10.6. The van der Waals surface area contributed by atoms with Gasteiger partial charge in [0.15, 0.2) is 5.82 Å². The Balaban J connectivity index is 2.10. The van der Waals surface area contributed by atoms with E-state index in [9.17, 15) is 0 Å². The van der Waals surface area contributed by atoms with Crippen molar-refractivity contribution in [3.63, 3.8) is 0 Å². The van der Waals surface area contributed by atoms with Gasteiger partial charge in [-0.05, 0) is 12.1 Å². The number of pyridine rings is 1. The van der Waals surface area contributed by atoms with E-state index in [0.29, 0.717) is 11.6 Å². The van der Waals surface area contributed by atoms with Gasteiger partial charge in [0.05, 0.1) is 12.4 Å². The van der Waals surface area contributed by atoms with E-state index in [1.54, 1.807) is 29.5 Å². The third-order valence-electron chi connectivity index (χ3n) is 2.48. The molecule has 0 spiro atoms. The van der Waals surface area contributed by atoms with E-state index in [0.717, 1.165) is 11.1 Å². The zero-order valence-corrected chi connectivity index (χ0v) is 8.91. The molecule has 0 saturated carbocycles. The van der Waals surface area contributed by atoms with Crippen molar-refractivity contribution in [1.82, 2.24) is 25.0 Å². The standard InChI is InChI=1S/C11H10N6/c12-11-9(8-5-14-15-6-8)7-16-17(11)10-3-1-2-4-13-10/h1-7H,12H2,(H,14,15).